The first-order chi connectivity index (χ1) is 10.7. The van der Waals surface area contributed by atoms with Gasteiger partial charge in [0.25, 0.3) is 0 Å². The molecule has 3 aromatic rings. The van der Waals surface area contributed by atoms with Crippen molar-refractivity contribution in [2.24, 2.45) is 0 Å². The monoisotopic (exact) mass is 303 g/mol. The van der Waals surface area contributed by atoms with Crippen molar-refractivity contribution in [3.05, 3.63) is 78.4 Å². The Bertz CT molecular complexity index is 882. The zero-order chi connectivity index (χ0) is 15.1. The standard InChI is InChI=1S/C20H17NS/c1-13-11-19(15-6-4-7-16(22)12-15)21-18-10-9-14-5-2-3-8-17(14)20(13)18/h2-10,12,19,21-22H,1,11H2. The van der Waals surface area contributed by atoms with Crippen molar-refractivity contribution in [1.29, 1.82) is 0 Å². The van der Waals surface area contributed by atoms with Crippen LogP contribution >= 0.6 is 12.6 Å². The van der Waals surface area contributed by atoms with E-state index in [1.54, 1.807) is 0 Å². The second kappa shape index (κ2) is 5.22. The highest BCUT2D eigenvalue weighted by Crippen LogP contribution is 2.42. The van der Waals surface area contributed by atoms with Gasteiger partial charge in [-0.05, 0) is 46.5 Å². The Morgan fingerprint density at radius 2 is 1.86 bits per heavy atom. The Labute approximate surface area is 136 Å². The van der Waals surface area contributed by atoms with Gasteiger partial charge in [-0.25, -0.2) is 0 Å². The third kappa shape index (κ3) is 2.20. The molecule has 0 bridgehead atoms. The first-order valence-corrected chi connectivity index (χ1v) is 7.92. The van der Waals surface area contributed by atoms with Crippen LogP contribution in [0.1, 0.15) is 23.6 Å². The maximum atomic E-state index is 4.45. The predicted molar refractivity (Wildman–Crippen MR) is 97.7 cm³/mol. The summed E-state index contributed by atoms with van der Waals surface area (Å²) in [6.45, 7) is 4.34. The molecule has 22 heavy (non-hydrogen) atoms. The van der Waals surface area contributed by atoms with Gasteiger partial charge in [-0.2, -0.15) is 0 Å². The van der Waals surface area contributed by atoms with Crippen molar-refractivity contribution < 1.29 is 0 Å². The van der Waals surface area contributed by atoms with Gasteiger partial charge in [0.15, 0.2) is 0 Å². The molecule has 1 aliphatic heterocycles. The van der Waals surface area contributed by atoms with Crippen LogP contribution < -0.4 is 5.32 Å². The molecule has 0 saturated heterocycles. The molecule has 0 saturated carbocycles. The summed E-state index contributed by atoms with van der Waals surface area (Å²) in [6.07, 6.45) is 0.915. The average molecular weight is 303 g/mol. The molecular weight excluding hydrogens is 286 g/mol. The summed E-state index contributed by atoms with van der Waals surface area (Å²) < 4.78 is 0. The fourth-order valence-corrected chi connectivity index (χ4v) is 3.54. The van der Waals surface area contributed by atoms with Crippen molar-refractivity contribution in [2.75, 3.05) is 5.32 Å². The van der Waals surface area contributed by atoms with Crippen LogP contribution in [0, 0.1) is 0 Å². The zero-order valence-electron chi connectivity index (χ0n) is 12.2. The van der Waals surface area contributed by atoms with E-state index >= 15 is 0 Å². The molecule has 0 aromatic heterocycles. The van der Waals surface area contributed by atoms with E-state index in [-0.39, 0.29) is 6.04 Å². The van der Waals surface area contributed by atoms with Gasteiger partial charge in [-0.15, -0.1) is 12.6 Å². The number of hydrogen-bond acceptors (Lipinski definition) is 2. The lowest BCUT2D eigenvalue weighted by molar-refractivity contribution is 0.793. The lowest BCUT2D eigenvalue weighted by atomic mass is 9.87. The van der Waals surface area contributed by atoms with E-state index in [4.69, 9.17) is 0 Å². The molecule has 0 spiro atoms. The largest absolute Gasteiger partial charge is 0.377 e. The Morgan fingerprint density at radius 3 is 2.73 bits per heavy atom. The van der Waals surface area contributed by atoms with Gasteiger partial charge in [-0.1, -0.05) is 49.0 Å². The van der Waals surface area contributed by atoms with Crippen LogP contribution in [-0.2, 0) is 0 Å². The summed E-state index contributed by atoms with van der Waals surface area (Å²) in [5, 5.41) is 6.21. The Kier molecular flexibility index (Phi) is 3.20. The lowest BCUT2D eigenvalue weighted by Gasteiger charge is -2.30. The number of nitrogens with one attached hydrogen (secondary N) is 1. The van der Waals surface area contributed by atoms with Crippen LogP contribution in [0.3, 0.4) is 0 Å². The van der Waals surface area contributed by atoms with Gasteiger partial charge in [0.05, 0.1) is 6.04 Å². The third-order valence-corrected chi connectivity index (χ3v) is 4.61. The number of hydrogen-bond donors (Lipinski definition) is 2. The molecule has 1 unspecified atom stereocenters. The Balaban J connectivity index is 1.81. The third-order valence-electron chi connectivity index (χ3n) is 4.34. The smallest absolute Gasteiger partial charge is 0.0554 e. The molecule has 0 fully saturated rings. The maximum absolute atomic E-state index is 4.45. The molecular formula is C20H17NS. The van der Waals surface area contributed by atoms with Crippen LogP contribution in [-0.4, -0.2) is 0 Å². The summed E-state index contributed by atoms with van der Waals surface area (Å²) in [4.78, 5) is 0.995. The highest BCUT2D eigenvalue weighted by molar-refractivity contribution is 7.80. The minimum atomic E-state index is 0.258. The molecule has 0 amide bonds. The van der Waals surface area contributed by atoms with Crippen LogP contribution in [0.4, 0.5) is 5.69 Å². The second-order valence-electron chi connectivity index (χ2n) is 5.81. The summed E-state index contributed by atoms with van der Waals surface area (Å²) in [6, 6.07) is 21.4. The zero-order valence-corrected chi connectivity index (χ0v) is 13.1. The minimum Gasteiger partial charge on any atom is -0.377 e. The second-order valence-corrected chi connectivity index (χ2v) is 6.33. The van der Waals surface area contributed by atoms with Crippen molar-refractivity contribution in [3.8, 4) is 0 Å². The topological polar surface area (TPSA) is 12.0 Å². The van der Waals surface area contributed by atoms with Crippen molar-refractivity contribution in [2.45, 2.75) is 17.4 Å². The van der Waals surface area contributed by atoms with Gasteiger partial charge < -0.3 is 5.32 Å². The molecule has 4 rings (SSSR count). The highest BCUT2D eigenvalue weighted by Gasteiger charge is 2.23. The molecule has 1 aliphatic rings. The fraction of sp³-hybridized carbons (Fsp3) is 0.100. The first-order valence-electron chi connectivity index (χ1n) is 7.48. The lowest BCUT2D eigenvalue weighted by Crippen LogP contribution is -2.17. The van der Waals surface area contributed by atoms with E-state index in [1.165, 1.54) is 33.2 Å². The number of rotatable bonds is 1. The quantitative estimate of drug-likeness (QED) is 0.550. The molecule has 0 radical (unpaired) electrons. The maximum Gasteiger partial charge on any atom is 0.0554 e. The summed E-state index contributed by atoms with van der Waals surface area (Å²) in [5.41, 5.74) is 4.88. The van der Waals surface area contributed by atoms with Crippen molar-refractivity contribution in [1.82, 2.24) is 0 Å². The van der Waals surface area contributed by atoms with Crippen LogP contribution in [0.25, 0.3) is 16.3 Å². The van der Waals surface area contributed by atoms with Crippen molar-refractivity contribution >= 4 is 34.7 Å². The van der Waals surface area contributed by atoms with Crippen molar-refractivity contribution in [3.63, 3.8) is 0 Å². The molecule has 1 N–H and O–H groups in total. The van der Waals surface area contributed by atoms with Gasteiger partial charge in [0, 0.05) is 16.1 Å². The Morgan fingerprint density at radius 1 is 1.00 bits per heavy atom. The normalized spacial score (nSPS) is 17.1. The molecule has 108 valence electrons. The van der Waals surface area contributed by atoms with Gasteiger partial charge >= 0.3 is 0 Å². The summed E-state index contributed by atoms with van der Waals surface area (Å²) >= 11 is 4.45. The highest BCUT2D eigenvalue weighted by atomic mass is 32.1. The number of anilines is 1. The van der Waals surface area contributed by atoms with Gasteiger partial charge in [0.1, 0.15) is 0 Å². The first kappa shape index (κ1) is 13.5. The van der Waals surface area contributed by atoms with E-state index in [0.717, 1.165) is 11.3 Å². The SMILES string of the molecule is C=C1CC(c2cccc(S)c2)Nc2ccc3ccccc3c21. The van der Waals surface area contributed by atoms with Crippen LogP contribution in [0.2, 0.25) is 0 Å². The fourth-order valence-electron chi connectivity index (χ4n) is 3.30. The number of fused-ring (bicyclic) bond motifs is 3. The van der Waals surface area contributed by atoms with E-state index < -0.39 is 0 Å². The predicted octanol–water partition coefficient (Wildman–Crippen LogP) is 5.70. The van der Waals surface area contributed by atoms with Gasteiger partial charge in [0.2, 0.25) is 0 Å². The molecule has 0 aliphatic carbocycles. The van der Waals surface area contributed by atoms with E-state index in [0.29, 0.717) is 0 Å². The van der Waals surface area contributed by atoms with E-state index in [2.05, 4.69) is 79.1 Å². The van der Waals surface area contributed by atoms with E-state index in [9.17, 15) is 0 Å². The molecule has 1 nitrogen and oxygen atoms in total. The van der Waals surface area contributed by atoms with Gasteiger partial charge in [-0.3, -0.25) is 0 Å². The van der Waals surface area contributed by atoms with Crippen LogP contribution in [0.5, 0.6) is 0 Å². The average Bonchev–Trinajstić information content (AvgIpc) is 2.54. The Hall–Kier alpha value is -2.19. The number of benzene rings is 3. The molecule has 1 heterocycles. The van der Waals surface area contributed by atoms with E-state index in [1.807, 2.05) is 6.07 Å². The summed E-state index contributed by atoms with van der Waals surface area (Å²) in [7, 11) is 0. The summed E-state index contributed by atoms with van der Waals surface area (Å²) in [5.74, 6) is 0. The minimum absolute atomic E-state index is 0.258. The van der Waals surface area contributed by atoms with Crippen LogP contribution in [0.15, 0.2) is 72.1 Å². The number of thiol groups is 1. The molecule has 1 atom stereocenters. The molecule has 3 aromatic carbocycles. The molecule has 2 heteroatoms.